The predicted octanol–water partition coefficient (Wildman–Crippen LogP) is 13.7. The van der Waals surface area contributed by atoms with Gasteiger partial charge in [0.25, 0.3) is 6.29 Å². The van der Waals surface area contributed by atoms with E-state index in [0.29, 0.717) is 23.9 Å². The first kappa shape index (κ1) is 59.0. The van der Waals surface area contributed by atoms with Crippen LogP contribution in [0.5, 0.6) is 0 Å². The van der Waals surface area contributed by atoms with Crippen LogP contribution in [-0.4, -0.2) is 87.4 Å². The van der Waals surface area contributed by atoms with Gasteiger partial charge in [-0.1, -0.05) is 171 Å². The minimum Gasteiger partial charge on any atom is -0.477 e. The Bertz CT molecular complexity index is 1200. The van der Waals surface area contributed by atoms with Gasteiger partial charge in [-0.25, -0.2) is 4.79 Å². The molecule has 0 saturated heterocycles. The first-order chi connectivity index (χ1) is 30.1. The molecule has 0 aliphatic heterocycles. The van der Waals surface area contributed by atoms with Gasteiger partial charge in [-0.05, 0) is 77.0 Å². The molecule has 2 unspecified atom stereocenters. The molecule has 0 aromatic heterocycles. The Hall–Kier alpha value is -3.01. The Balaban J connectivity index is 4.28. The first-order valence-corrected chi connectivity index (χ1v) is 25.0. The molecule has 1 N–H and O–H groups in total. The summed E-state index contributed by atoms with van der Waals surface area (Å²) >= 11 is 0. The van der Waals surface area contributed by atoms with Crippen LogP contribution in [0, 0.1) is 0 Å². The summed E-state index contributed by atoms with van der Waals surface area (Å²) in [6.07, 6.45) is 51.4. The number of carbonyl (C=O) groups is 3. The first-order valence-electron chi connectivity index (χ1n) is 25.0. The zero-order chi connectivity index (χ0) is 45.6. The summed E-state index contributed by atoms with van der Waals surface area (Å²) in [7, 11) is 5.95. The summed E-state index contributed by atoms with van der Waals surface area (Å²) in [6, 6.07) is 0. The highest BCUT2D eigenvalue weighted by Crippen LogP contribution is 2.15. The summed E-state index contributed by atoms with van der Waals surface area (Å²) in [5, 5.41) is 9.65. The van der Waals surface area contributed by atoms with Crippen LogP contribution in [-0.2, 0) is 33.3 Å². The van der Waals surface area contributed by atoms with E-state index in [9.17, 15) is 19.5 Å². The highest BCUT2D eigenvalue weighted by molar-refractivity contribution is 5.71. The molecule has 0 saturated carbocycles. The monoisotopic (exact) mass is 873 g/mol. The molecular formula is C53H94NO8+. The Morgan fingerprint density at radius 2 is 0.919 bits per heavy atom. The van der Waals surface area contributed by atoms with Crippen LogP contribution < -0.4 is 0 Å². The number of ether oxygens (including phenoxy) is 4. The van der Waals surface area contributed by atoms with E-state index in [1.54, 1.807) is 0 Å². The standard InChI is InChI=1S/C53H93NO8/c1-6-8-10-12-14-16-18-20-21-22-23-24-25-26-27-28-29-30-31-32-34-36-38-40-42-44-51(56)62-49(48-61-53(52(57)58)59-46-45-54(3,4)5)47-60-50(55)43-41-39-37-35-33-19-17-15-13-11-9-7-2/h8,10,14-17,20-21,23-24,49,53H,6-7,9,11-13,18-19,22,25-48H2,1-5H3/p+1/b10-8-,16-14-,17-15-,21-20-,24-23-. The second-order valence-electron chi connectivity index (χ2n) is 17.7. The lowest BCUT2D eigenvalue weighted by atomic mass is 10.0. The van der Waals surface area contributed by atoms with Gasteiger partial charge >= 0.3 is 17.9 Å². The highest BCUT2D eigenvalue weighted by Gasteiger charge is 2.25. The number of carbonyl (C=O) groups excluding carboxylic acids is 2. The molecule has 0 fully saturated rings. The number of allylic oxidation sites excluding steroid dienone is 10. The van der Waals surface area contributed by atoms with E-state index in [-0.39, 0.29) is 32.2 Å². The second kappa shape index (κ2) is 44.6. The number of rotatable bonds is 45. The maximum absolute atomic E-state index is 12.8. The lowest BCUT2D eigenvalue weighted by Gasteiger charge is -2.25. The lowest BCUT2D eigenvalue weighted by Crippen LogP contribution is -2.40. The van der Waals surface area contributed by atoms with Crippen molar-refractivity contribution in [2.75, 3.05) is 47.5 Å². The molecule has 0 bridgehead atoms. The maximum Gasteiger partial charge on any atom is 0.361 e. The Kier molecular flexibility index (Phi) is 42.4. The van der Waals surface area contributed by atoms with Gasteiger partial charge in [0, 0.05) is 12.8 Å². The highest BCUT2D eigenvalue weighted by atomic mass is 16.7. The molecule has 9 nitrogen and oxygen atoms in total. The van der Waals surface area contributed by atoms with Crippen LogP contribution >= 0.6 is 0 Å². The fourth-order valence-electron chi connectivity index (χ4n) is 6.64. The number of quaternary nitrogens is 1. The number of aliphatic carboxylic acids is 1. The number of carboxylic acids is 1. The zero-order valence-electron chi connectivity index (χ0n) is 40.5. The predicted molar refractivity (Wildman–Crippen MR) is 258 cm³/mol. The number of hydrogen-bond donors (Lipinski definition) is 1. The molecule has 0 heterocycles. The molecular weight excluding hydrogens is 779 g/mol. The minimum absolute atomic E-state index is 0.184. The smallest absolute Gasteiger partial charge is 0.361 e. The van der Waals surface area contributed by atoms with Crippen molar-refractivity contribution in [1.82, 2.24) is 0 Å². The van der Waals surface area contributed by atoms with Gasteiger partial charge in [-0.3, -0.25) is 9.59 Å². The molecule has 0 radical (unpaired) electrons. The fourth-order valence-corrected chi connectivity index (χ4v) is 6.64. The van der Waals surface area contributed by atoms with Gasteiger partial charge < -0.3 is 28.5 Å². The molecule has 9 heteroatoms. The number of esters is 2. The van der Waals surface area contributed by atoms with Crippen molar-refractivity contribution in [2.24, 2.45) is 0 Å². The third kappa shape index (κ3) is 45.0. The van der Waals surface area contributed by atoms with E-state index in [4.69, 9.17) is 18.9 Å². The van der Waals surface area contributed by atoms with Crippen LogP contribution in [0.2, 0.25) is 0 Å². The molecule has 0 spiro atoms. The summed E-state index contributed by atoms with van der Waals surface area (Å²) < 4.78 is 22.8. The van der Waals surface area contributed by atoms with Gasteiger partial charge in [-0.2, -0.15) is 0 Å². The van der Waals surface area contributed by atoms with Crippen molar-refractivity contribution in [2.45, 2.75) is 212 Å². The summed E-state index contributed by atoms with van der Waals surface area (Å²) in [5.74, 6) is -2.02. The number of likely N-dealkylation sites (N-methyl/N-ethyl adjacent to an activating group) is 1. The Morgan fingerprint density at radius 1 is 0.500 bits per heavy atom. The van der Waals surface area contributed by atoms with E-state index in [1.165, 1.54) is 83.5 Å². The second-order valence-corrected chi connectivity index (χ2v) is 17.7. The van der Waals surface area contributed by atoms with E-state index in [2.05, 4.69) is 74.6 Å². The zero-order valence-corrected chi connectivity index (χ0v) is 40.5. The number of unbranched alkanes of at least 4 members (excludes halogenated alkanes) is 20. The van der Waals surface area contributed by atoms with Crippen LogP contribution in [0.3, 0.4) is 0 Å². The Labute approximate surface area is 380 Å². The van der Waals surface area contributed by atoms with Crippen molar-refractivity contribution in [1.29, 1.82) is 0 Å². The van der Waals surface area contributed by atoms with E-state index in [0.717, 1.165) is 83.5 Å². The molecule has 0 aliphatic carbocycles. The van der Waals surface area contributed by atoms with Crippen molar-refractivity contribution in [3.63, 3.8) is 0 Å². The quantitative estimate of drug-likeness (QED) is 0.0212. The van der Waals surface area contributed by atoms with Crippen LogP contribution in [0.15, 0.2) is 60.8 Å². The molecule has 0 rings (SSSR count). The normalized spacial score (nSPS) is 13.4. The molecule has 0 aromatic rings. The number of nitrogens with zero attached hydrogens (tertiary/aromatic N) is 1. The van der Waals surface area contributed by atoms with Gasteiger partial charge in [0.1, 0.15) is 13.2 Å². The SMILES string of the molecule is CC/C=C\C/C=C\C/C=C\C/C=C\CCCCCCCCCCCCCCC(=O)OC(COC(=O)CCCCCCC/C=C\CCCCC)COC(OCC[N+](C)(C)C)C(=O)O. The van der Waals surface area contributed by atoms with Crippen molar-refractivity contribution < 1.29 is 42.9 Å². The molecule has 0 aliphatic rings. The van der Waals surface area contributed by atoms with Crippen LogP contribution in [0.4, 0.5) is 0 Å². The average molecular weight is 873 g/mol. The summed E-state index contributed by atoms with van der Waals surface area (Å²) in [6.45, 7) is 4.72. The molecule has 0 aromatic carbocycles. The molecule has 2 atom stereocenters. The third-order valence-corrected chi connectivity index (χ3v) is 10.5. The number of carboxylic acid groups (broad SMARTS) is 1. The van der Waals surface area contributed by atoms with E-state index in [1.807, 2.05) is 21.1 Å². The fraction of sp³-hybridized carbons (Fsp3) is 0.755. The topological polar surface area (TPSA) is 108 Å². The third-order valence-electron chi connectivity index (χ3n) is 10.5. The molecule has 0 amide bonds. The van der Waals surface area contributed by atoms with Gasteiger partial charge in [-0.15, -0.1) is 0 Å². The summed E-state index contributed by atoms with van der Waals surface area (Å²) in [5.41, 5.74) is 0. The average Bonchev–Trinajstić information content (AvgIpc) is 3.23. The maximum atomic E-state index is 12.8. The van der Waals surface area contributed by atoms with Crippen LogP contribution in [0.25, 0.3) is 0 Å². The van der Waals surface area contributed by atoms with Gasteiger partial charge in [0.2, 0.25) is 0 Å². The molecule has 358 valence electrons. The molecule has 62 heavy (non-hydrogen) atoms. The number of hydrogen-bond acceptors (Lipinski definition) is 7. The van der Waals surface area contributed by atoms with Gasteiger partial charge in [0.15, 0.2) is 6.10 Å². The van der Waals surface area contributed by atoms with E-state index < -0.39 is 24.3 Å². The van der Waals surface area contributed by atoms with Crippen LogP contribution in [0.1, 0.15) is 200 Å². The summed E-state index contributed by atoms with van der Waals surface area (Å²) in [4.78, 5) is 37.2. The van der Waals surface area contributed by atoms with E-state index >= 15 is 0 Å². The minimum atomic E-state index is -1.51. The van der Waals surface area contributed by atoms with Gasteiger partial charge in [0.05, 0.1) is 34.4 Å². The van der Waals surface area contributed by atoms with Crippen molar-refractivity contribution >= 4 is 17.9 Å². The largest absolute Gasteiger partial charge is 0.477 e. The van der Waals surface area contributed by atoms with Crippen molar-refractivity contribution in [3.05, 3.63) is 60.8 Å². The van der Waals surface area contributed by atoms with Crippen molar-refractivity contribution in [3.8, 4) is 0 Å². The Morgan fingerprint density at radius 3 is 1.39 bits per heavy atom. The lowest BCUT2D eigenvalue weighted by molar-refractivity contribution is -0.870.